The van der Waals surface area contributed by atoms with Crippen LogP contribution in [0.5, 0.6) is 11.5 Å². The molecular weight excluding hydrogens is 495 g/mol. The van der Waals surface area contributed by atoms with Crippen molar-refractivity contribution in [2.45, 2.75) is 26.8 Å². The molecule has 3 rings (SSSR count). The quantitative estimate of drug-likeness (QED) is 0.254. The first kappa shape index (κ1) is 23.7. The third-order valence-corrected chi connectivity index (χ3v) is 4.34. The van der Waals surface area contributed by atoms with Crippen molar-refractivity contribution in [3.8, 4) is 11.5 Å². The highest BCUT2D eigenvalue weighted by Crippen LogP contribution is 2.28. The molecule has 0 aliphatic carbocycles. The van der Waals surface area contributed by atoms with Gasteiger partial charge < -0.3 is 20.1 Å². The largest absolute Gasteiger partial charge is 0.490 e. The predicted octanol–water partition coefficient (Wildman–Crippen LogP) is 3.05. The summed E-state index contributed by atoms with van der Waals surface area (Å²) in [6, 6.07) is 11.9. The third kappa shape index (κ3) is 6.22. The van der Waals surface area contributed by atoms with Crippen LogP contribution in [0.3, 0.4) is 0 Å². The van der Waals surface area contributed by atoms with Crippen molar-refractivity contribution in [2.75, 3.05) is 26.8 Å². The molecule has 9 heteroatoms. The minimum Gasteiger partial charge on any atom is -0.490 e. The Kier molecular flexibility index (Phi) is 9.65. The normalized spacial score (nSPS) is 11.1. The van der Waals surface area contributed by atoms with Crippen LogP contribution in [-0.2, 0) is 13.0 Å². The zero-order valence-corrected chi connectivity index (χ0v) is 19.9. The molecular formula is C21H29IN6O2. The number of aliphatic imine (C=N–C) groups is 1. The zero-order valence-electron chi connectivity index (χ0n) is 17.6. The molecule has 2 N–H and O–H groups in total. The summed E-state index contributed by atoms with van der Waals surface area (Å²) in [6.45, 7) is 6.43. The second kappa shape index (κ2) is 12.2. The van der Waals surface area contributed by atoms with Gasteiger partial charge in [0.1, 0.15) is 0 Å². The van der Waals surface area contributed by atoms with E-state index in [0.717, 1.165) is 35.9 Å². The molecule has 0 spiro atoms. The average Bonchev–Trinajstić information content (AvgIpc) is 3.16. The maximum Gasteiger partial charge on any atom is 0.191 e. The molecule has 30 heavy (non-hydrogen) atoms. The number of halogens is 1. The van der Waals surface area contributed by atoms with E-state index in [1.165, 1.54) is 5.56 Å². The average molecular weight is 524 g/mol. The molecule has 0 aliphatic rings. The molecule has 0 atom stereocenters. The van der Waals surface area contributed by atoms with E-state index in [-0.39, 0.29) is 24.0 Å². The Morgan fingerprint density at radius 2 is 1.83 bits per heavy atom. The SMILES string of the molecule is CCOc1ccc(CCNC(=NC)NCc2nnc3ccccn23)cc1OCC.I. The van der Waals surface area contributed by atoms with E-state index in [1.54, 1.807) is 7.05 Å². The lowest BCUT2D eigenvalue weighted by Crippen LogP contribution is -2.38. The van der Waals surface area contributed by atoms with Gasteiger partial charge in [0.2, 0.25) is 0 Å². The molecule has 2 aromatic heterocycles. The summed E-state index contributed by atoms with van der Waals surface area (Å²) in [7, 11) is 1.75. The van der Waals surface area contributed by atoms with Crippen molar-refractivity contribution >= 4 is 35.6 Å². The van der Waals surface area contributed by atoms with E-state index < -0.39 is 0 Å². The molecule has 0 fully saturated rings. The van der Waals surface area contributed by atoms with Crippen molar-refractivity contribution in [1.82, 2.24) is 25.2 Å². The van der Waals surface area contributed by atoms with Gasteiger partial charge in [0.15, 0.2) is 28.9 Å². The zero-order chi connectivity index (χ0) is 20.5. The fourth-order valence-corrected chi connectivity index (χ4v) is 2.97. The number of aromatic nitrogens is 3. The van der Waals surface area contributed by atoms with Crippen molar-refractivity contribution in [3.05, 3.63) is 54.0 Å². The Hall–Kier alpha value is -2.56. The summed E-state index contributed by atoms with van der Waals surface area (Å²) in [5, 5.41) is 15.0. The van der Waals surface area contributed by atoms with Crippen LogP contribution < -0.4 is 20.1 Å². The van der Waals surface area contributed by atoms with Gasteiger partial charge in [0.05, 0.1) is 19.8 Å². The second-order valence-corrected chi connectivity index (χ2v) is 6.29. The van der Waals surface area contributed by atoms with Gasteiger partial charge in [-0.05, 0) is 50.1 Å². The molecule has 0 saturated carbocycles. The van der Waals surface area contributed by atoms with Crippen molar-refractivity contribution in [1.29, 1.82) is 0 Å². The van der Waals surface area contributed by atoms with Gasteiger partial charge in [0, 0.05) is 19.8 Å². The van der Waals surface area contributed by atoms with Crippen molar-refractivity contribution in [3.63, 3.8) is 0 Å². The molecule has 1 aromatic carbocycles. The number of ether oxygens (including phenoxy) is 2. The first-order valence-corrected chi connectivity index (χ1v) is 9.86. The van der Waals surface area contributed by atoms with Gasteiger partial charge in [-0.25, -0.2) is 0 Å². The van der Waals surface area contributed by atoms with Gasteiger partial charge >= 0.3 is 0 Å². The molecule has 0 amide bonds. The summed E-state index contributed by atoms with van der Waals surface area (Å²) in [5.41, 5.74) is 2.00. The van der Waals surface area contributed by atoms with Crippen LogP contribution in [0.2, 0.25) is 0 Å². The van der Waals surface area contributed by atoms with E-state index in [1.807, 2.05) is 54.8 Å². The Balaban J connectivity index is 0.00000320. The van der Waals surface area contributed by atoms with E-state index >= 15 is 0 Å². The van der Waals surface area contributed by atoms with Crippen LogP contribution in [0.4, 0.5) is 0 Å². The van der Waals surface area contributed by atoms with Gasteiger partial charge in [-0.3, -0.25) is 9.39 Å². The fraction of sp³-hybridized carbons (Fsp3) is 0.381. The minimum atomic E-state index is 0. The highest BCUT2D eigenvalue weighted by molar-refractivity contribution is 14.0. The first-order chi connectivity index (χ1) is 14.2. The monoisotopic (exact) mass is 524 g/mol. The van der Waals surface area contributed by atoms with Crippen molar-refractivity contribution < 1.29 is 9.47 Å². The molecule has 3 aromatic rings. The molecule has 0 unspecified atom stereocenters. The number of nitrogens with one attached hydrogen (secondary N) is 2. The lowest BCUT2D eigenvalue weighted by molar-refractivity contribution is 0.287. The highest BCUT2D eigenvalue weighted by Gasteiger charge is 2.08. The summed E-state index contributed by atoms with van der Waals surface area (Å²) < 4.78 is 13.3. The summed E-state index contributed by atoms with van der Waals surface area (Å²) in [4.78, 5) is 4.28. The molecule has 2 heterocycles. The Morgan fingerprint density at radius 1 is 1.03 bits per heavy atom. The molecule has 0 bridgehead atoms. The minimum absolute atomic E-state index is 0. The van der Waals surface area contributed by atoms with E-state index in [0.29, 0.717) is 25.7 Å². The van der Waals surface area contributed by atoms with Gasteiger partial charge in [-0.2, -0.15) is 0 Å². The molecule has 0 radical (unpaired) electrons. The maximum absolute atomic E-state index is 5.70. The summed E-state index contributed by atoms with van der Waals surface area (Å²) in [5.74, 6) is 3.11. The summed E-state index contributed by atoms with van der Waals surface area (Å²) in [6.07, 6.45) is 2.78. The Morgan fingerprint density at radius 3 is 2.60 bits per heavy atom. The van der Waals surface area contributed by atoms with Gasteiger partial charge in [-0.15, -0.1) is 34.2 Å². The smallest absolute Gasteiger partial charge is 0.191 e. The van der Waals surface area contributed by atoms with E-state index in [4.69, 9.17) is 9.47 Å². The van der Waals surface area contributed by atoms with Crippen LogP contribution in [0.1, 0.15) is 25.2 Å². The number of nitrogens with zero attached hydrogens (tertiary/aromatic N) is 4. The number of rotatable bonds is 9. The number of fused-ring (bicyclic) bond motifs is 1. The van der Waals surface area contributed by atoms with Crippen LogP contribution >= 0.6 is 24.0 Å². The van der Waals surface area contributed by atoms with Crippen molar-refractivity contribution in [2.24, 2.45) is 4.99 Å². The Bertz CT molecular complexity index is 960. The van der Waals surface area contributed by atoms with E-state index in [2.05, 4.69) is 31.9 Å². The van der Waals surface area contributed by atoms with Gasteiger partial charge in [-0.1, -0.05) is 12.1 Å². The Labute approximate surface area is 194 Å². The lowest BCUT2D eigenvalue weighted by atomic mass is 10.1. The van der Waals surface area contributed by atoms with Crippen LogP contribution in [-0.4, -0.2) is 47.4 Å². The number of benzene rings is 1. The van der Waals surface area contributed by atoms with Gasteiger partial charge in [0.25, 0.3) is 0 Å². The second-order valence-electron chi connectivity index (χ2n) is 6.29. The number of hydrogen-bond donors (Lipinski definition) is 2. The molecule has 0 saturated heterocycles. The van der Waals surface area contributed by atoms with Crippen LogP contribution in [0.25, 0.3) is 5.65 Å². The van der Waals surface area contributed by atoms with E-state index in [9.17, 15) is 0 Å². The number of pyridine rings is 1. The van der Waals surface area contributed by atoms with Crippen LogP contribution in [0.15, 0.2) is 47.6 Å². The topological polar surface area (TPSA) is 85.1 Å². The number of hydrogen-bond acceptors (Lipinski definition) is 5. The third-order valence-electron chi connectivity index (χ3n) is 4.34. The summed E-state index contributed by atoms with van der Waals surface area (Å²) >= 11 is 0. The molecule has 0 aliphatic heterocycles. The molecule has 8 nitrogen and oxygen atoms in total. The van der Waals surface area contributed by atoms with Crippen LogP contribution in [0, 0.1) is 0 Å². The standard InChI is InChI=1S/C21H28N6O2.HI/c1-4-28-17-10-9-16(14-18(17)29-5-2)11-12-23-21(22-3)24-15-20-26-25-19-8-6-7-13-27(19)20;/h6-10,13-14H,4-5,11-12,15H2,1-3H3,(H2,22,23,24);1H. The number of guanidine groups is 1. The fourth-order valence-electron chi connectivity index (χ4n) is 2.97. The predicted molar refractivity (Wildman–Crippen MR) is 129 cm³/mol. The highest BCUT2D eigenvalue weighted by atomic mass is 127. The maximum atomic E-state index is 5.70. The lowest BCUT2D eigenvalue weighted by Gasteiger charge is -2.14. The first-order valence-electron chi connectivity index (χ1n) is 9.86. The molecule has 162 valence electrons.